The molecule has 0 aliphatic rings. The highest BCUT2D eigenvalue weighted by molar-refractivity contribution is 5.92. The molecule has 0 atom stereocenters. The predicted octanol–water partition coefficient (Wildman–Crippen LogP) is 0.300. The van der Waals surface area contributed by atoms with E-state index in [1.807, 2.05) is 6.92 Å². The Bertz CT molecular complexity index is 373. The van der Waals surface area contributed by atoms with Gasteiger partial charge < -0.3 is 15.8 Å². The Kier molecular flexibility index (Phi) is 4.32. The fourth-order valence-electron chi connectivity index (χ4n) is 1.11. The number of nitrogens with two attached hydrogens (primary N) is 1. The van der Waals surface area contributed by atoms with E-state index in [2.05, 4.69) is 5.32 Å². The molecule has 0 aliphatic carbocycles. The first-order chi connectivity index (χ1) is 7.63. The third kappa shape index (κ3) is 3.61. The number of carbonyl (C=O) groups is 2. The standard InChI is InChI=1S/C11H14N2O3/c1-2-13-10(14)7-16-9-5-3-8(4-6-9)11(12)15/h3-6H,2,7H2,1H3,(H2,12,15)(H,13,14). The number of carbonyl (C=O) groups excluding carboxylic acids is 2. The van der Waals surface area contributed by atoms with Crippen LogP contribution >= 0.6 is 0 Å². The number of benzene rings is 1. The summed E-state index contributed by atoms with van der Waals surface area (Å²) in [5, 5.41) is 2.61. The largest absolute Gasteiger partial charge is 0.484 e. The van der Waals surface area contributed by atoms with Crippen molar-refractivity contribution in [2.75, 3.05) is 13.2 Å². The number of ether oxygens (including phenoxy) is 1. The van der Waals surface area contributed by atoms with E-state index < -0.39 is 5.91 Å². The fourth-order valence-corrected chi connectivity index (χ4v) is 1.11. The van der Waals surface area contributed by atoms with Crippen molar-refractivity contribution in [2.45, 2.75) is 6.92 Å². The third-order valence-corrected chi connectivity index (χ3v) is 1.88. The van der Waals surface area contributed by atoms with Crippen LogP contribution in [0.2, 0.25) is 0 Å². The maximum atomic E-state index is 11.1. The van der Waals surface area contributed by atoms with Gasteiger partial charge in [-0.15, -0.1) is 0 Å². The van der Waals surface area contributed by atoms with Crippen LogP contribution in [0.4, 0.5) is 0 Å². The summed E-state index contributed by atoms with van der Waals surface area (Å²) in [5.41, 5.74) is 5.49. The molecule has 0 fully saturated rings. The summed E-state index contributed by atoms with van der Waals surface area (Å²) in [6, 6.07) is 6.30. The molecule has 2 amide bonds. The van der Waals surface area contributed by atoms with Gasteiger partial charge in [0.1, 0.15) is 5.75 Å². The number of rotatable bonds is 5. The molecule has 5 nitrogen and oxygen atoms in total. The van der Waals surface area contributed by atoms with E-state index in [9.17, 15) is 9.59 Å². The molecule has 0 heterocycles. The Morgan fingerprint density at radius 2 is 1.94 bits per heavy atom. The highest BCUT2D eigenvalue weighted by Crippen LogP contribution is 2.11. The minimum atomic E-state index is -0.490. The number of hydrogen-bond acceptors (Lipinski definition) is 3. The Balaban J connectivity index is 2.49. The fraction of sp³-hybridized carbons (Fsp3) is 0.273. The molecule has 1 aromatic rings. The van der Waals surface area contributed by atoms with Crippen LogP contribution in [0.5, 0.6) is 5.75 Å². The van der Waals surface area contributed by atoms with Gasteiger partial charge in [0.05, 0.1) is 0 Å². The van der Waals surface area contributed by atoms with Crippen molar-refractivity contribution in [2.24, 2.45) is 5.73 Å². The summed E-state index contributed by atoms with van der Waals surface area (Å²) in [7, 11) is 0. The van der Waals surface area contributed by atoms with Crippen LogP contribution in [0.3, 0.4) is 0 Å². The van der Waals surface area contributed by atoms with E-state index in [1.54, 1.807) is 24.3 Å². The second-order valence-electron chi connectivity index (χ2n) is 3.13. The Morgan fingerprint density at radius 3 is 2.44 bits per heavy atom. The van der Waals surface area contributed by atoms with Gasteiger partial charge >= 0.3 is 0 Å². The summed E-state index contributed by atoms with van der Waals surface area (Å²) in [6.45, 7) is 2.37. The van der Waals surface area contributed by atoms with E-state index in [0.717, 1.165) is 0 Å². The molecule has 0 saturated carbocycles. The SMILES string of the molecule is CCNC(=O)COc1ccc(C(N)=O)cc1. The van der Waals surface area contributed by atoms with Gasteiger partial charge in [0, 0.05) is 12.1 Å². The van der Waals surface area contributed by atoms with Crippen LogP contribution in [-0.4, -0.2) is 25.0 Å². The first kappa shape index (κ1) is 12.0. The van der Waals surface area contributed by atoms with E-state index in [4.69, 9.17) is 10.5 Å². The van der Waals surface area contributed by atoms with Gasteiger partial charge in [-0.3, -0.25) is 9.59 Å². The van der Waals surface area contributed by atoms with Crippen molar-refractivity contribution in [1.82, 2.24) is 5.32 Å². The number of likely N-dealkylation sites (N-methyl/N-ethyl adjacent to an activating group) is 1. The first-order valence-corrected chi connectivity index (χ1v) is 4.93. The normalized spacial score (nSPS) is 9.56. The van der Waals surface area contributed by atoms with Crippen LogP contribution in [0, 0.1) is 0 Å². The van der Waals surface area contributed by atoms with Gasteiger partial charge in [-0.05, 0) is 31.2 Å². The van der Waals surface area contributed by atoms with E-state index in [-0.39, 0.29) is 12.5 Å². The van der Waals surface area contributed by atoms with Crippen LogP contribution in [-0.2, 0) is 4.79 Å². The molecule has 0 aromatic heterocycles. The summed E-state index contributed by atoms with van der Waals surface area (Å²) in [6.07, 6.45) is 0. The highest BCUT2D eigenvalue weighted by Gasteiger charge is 2.02. The Morgan fingerprint density at radius 1 is 1.31 bits per heavy atom. The van der Waals surface area contributed by atoms with E-state index in [0.29, 0.717) is 17.9 Å². The zero-order valence-corrected chi connectivity index (χ0v) is 9.03. The van der Waals surface area contributed by atoms with Gasteiger partial charge in [-0.1, -0.05) is 0 Å². The molecule has 16 heavy (non-hydrogen) atoms. The second-order valence-corrected chi connectivity index (χ2v) is 3.13. The van der Waals surface area contributed by atoms with Crippen molar-refractivity contribution in [1.29, 1.82) is 0 Å². The lowest BCUT2D eigenvalue weighted by Crippen LogP contribution is -2.28. The molecule has 0 radical (unpaired) electrons. The number of amides is 2. The van der Waals surface area contributed by atoms with Crippen LogP contribution in [0.25, 0.3) is 0 Å². The maximum Gasteiger partial charge on any atom is 0.257 e. The van der Waals surface area contributed by atoms with Crippen molar-refractivity contribution in [3.63, 3.8) is 0 Å². The van der Waals surface area contributed by atoms with Gasteiger partial charge in [0.15, 0.2) is 6.61 Å². The zero-order valence-electron chi connectivity index (χ0n) is 9.03. The molecule has 0 aliphatic heterocycles. The lowest BCUT2D eigenvalue weighted by molar-refractivity contribution is -0.122. The molecule has 86 valence electrons. The first-order valence-electron chi connectivity index (χ1n) is 4.93. The third-order valence-electron chi connectivity index (χ3n) is 1.88. The lowest BCUT2D eigenvalue weighted by Gasteiger charge is -2.06. The molecule has 3 N–H and O–H groups in total. The van der Waals surface area contributed by atoms with Crippen molar-refractivity contribution in [3.8, 4) is 5.75 Å². The van der Waals surface area contributed by atoms with Crippen LogP contribution in [0.1, 0.15) is 17.3 Å². The van der Waals surface area contributed by atoms with Gasteiger partial charge in [0.25, 0.3) is 5.91 Å². The molecular weight excluding hydrogens is 208 g/mol. The van der Waals surface area contributed by atoms with Gasteiger partial charge in [0.2, 0.25) is 5.91 Å². The molecular formula is C11H14N2O3. The molecule has 0 unspecified atom stereocenters. The Labute approximate surface area is 93.6 Å². The van der Waals surface area contributed by atoms with Crippen molar-refractivity contribution < 1.29 is 14.3 Å². The van der Waals surface area contributed by atoms with E-state index in [1.165, 1.54) is 0 Å². The predicted molar refractivity (Wildman–Crippen MR) is 59.1 cm³/mol. The molecule has 1 rings (SSSR count). The monoisotopic (exact) mass is 222 g/mol. The van der Waals surface area contributed by atoms with Gasteiger partial charge in [-0.2, -0.15) is 0 Å². The summed E-state index contributed by atoms with van der Waals surface area (Å²) in [4.78, 5) is 21.9. The van der Waals surface area contributed by atoms with E-state index >= 15 is 0 Å². The van der Waals surface area contributed by atoms with Crippen LogP contribution in [0.15, 0.2) is 24.3 Å². The zero-order chi connectivity index (χ0) is 12.0. The Hall–Kier alpha value is -2.04. The lowest BCUT2D eigenvalue weighted by atomic mass is 10.2. The molecule has 0 saturated heterocycles. The molecule has 5 heteroatoms. The molecule has 1 aromatic carbocycles. The summed E-state index contributed by atoms with van der Waals surface area (Å²) in [5.74, 6) is -0.145. The van der Waals surface area contributed by atoms with Crippen molar-refractivity contribution >= 4 is 11.8 Å². The summed E-state index contributed by atoms with van der Waals surface area (Å²) >= 11 is 0. The average molecular weight is 222 g/mol. The number of hydrogen-bond donors (Lipinski definition) is 2. The molecule has 0 bridgehead atoms. The number of primary amides is 1. The topological polar surface area (TPSA) is 81.4 Å². The summed E-state index contributed by atoms with van der Waals surface area (Å²) < 4.78 is 5.19. The van der Waals surface area contributed by atoms with Crippen molar-refractivity contribution in [3.05, 3.63) is 29.8 Å². The number of nitrogens with one attached hydrogen (secondary N) is 1. The quantitative estimate of drug-likeness (QED) is 0.751. The minimum Gasteiger partial charge on any atom is -0.484 e. The minimum absolute atomic E-state index is 0.0379. The maximum absolute atomic E-state index is 11.1. The smallest absolute Gasteiger partial charge is 0.257 e. The highest BCUT2D eigenvalue weighted by atomic mass is 16.5. The van der Waals surface area contributed by atoms with Gasteiger partial charge in [-0.25, -0.2) is 0 Å². The second kappa shape index (κ2) is 5.75. The van der Waals surface area contributed by atoms with Crippen LogP contribution < -0.4 is 15.8 Å². The molecule has 0 spiro atoms. The average Bonchev–Trinajstić information content (AvgIpc) is 2.27.